The summed E-state index contributed by atoms with van der Waals surface area (Å²) in [5.41, 5.74) is 0.320. The predicted octanol–water partition coefficient (Wildman–Crippen LogP) is 2.27. The molecule has 0 fully saturated rings. The van der Waals surface area contributed by atoms with E-state index in [0.29, 0.717) is 24.8 Å². The quantitative estimate of drug-likeness (QED) is 0.551. The zero-order chi connectivity index (χ0) is 10.6. The van der Waals surface area contributed by atoms with Gasteiger partial charge in [0.1, 0.15) is 11.9 Å². The monoisotopic (exact) mass is 194 g/mol. The number of aliphatic hydroxyl groups excluding tert-OH is 1. The van der Waals surface area contributed by atoms with E-state index in [9.17, 15) is 9.90 Å². The van der Waals surface area contributed by atoms with Gasteiger partial charge in [-0.25, -0.2) is 4.79 Å². The normalized spacial score (nSPS) is 21.7. The summed E-state index contributed by atoms with van der Waals surface area (Å²) in [6.45, 7) is 7.06. The van der Waals surface area contributed by atoms with Crippen molar-refractivity contribution >= 4 is 5.97 Å². The van der Waals surface area contributed by atoms with Gasteiger partial charge in [0.25, 0.3) is 0 Å². The van der Waals surface area contributed by atoms with E-state index < -0.39 is 5.97 Å². The maximum absolute atomic E-state index is 11.4. The van der Waals surface area contributed by atoms with E-state index in [1.165, 1.54) is 0 Å². The molecule has 1 unspecified atom stereocenters. The Morgan fingerprint density at radius 2 is 2.21 bits per heavy atom. The zero-order valence-electron chi connectivity index (χ0n) is 8.03. The fourth-order valence-corrected chi connectivity index (χ4v) is 1.38. The van der Waals surface area contributed by atoms with Gasteiger partial charge >= 0.3 is 5.97 Å². The fourth-order valence-electron chi connectivity index (χ4n) is 1.38. The topological polar surface area (TPSA) is 46.5 Å². The lowest BCUT2D eigenvalue weighted by Gasteiger charge is -2.22. The van der Waals surface area contributed by atoms with E-state index in [1.807, 2.05) is 0 Å². The highest BCUT2D eigenvalue weighted by atomic mass is 16.5. The average Bonchev–Trinajstić information content (AvgIpc) is 2.12. The second-order valence-electron chi connectivity index (χ2n) is 3.17. The fraction of sp³-hybridized carbons (Fsp3) is 0.364. The lowest BCUT2D eigenvalue weighted by molar-refractivity contribution is -0.146. The van der Waals surface area contributed by atoms with Crippen molar-refractivity contribution in [2.75, 3.05) is 0 Å². The summed E-state index contributed by atoms with van der Waals surface area (Å²) >= 11 is 0. The highest BCUT2D eigenvalue weighted by Crippen LogP contribution is 2.24. The smallest absolute Gasteiger partial charge is 0.338 e. The Bertz CT molecular complexity index is 289. The number of hydrogen-bond donors (Lipinski definition) is 1. The second kappa shape index (κ2) is 4.65. The van der Waals surface area contributed by atoms with Crippen molar-refractivity contribution in [2.24, 2.45) is 0 Å². The van der Waals surface area contributed by atoms with Gasteiger partial charge in [-0.1, -0.05) is 12.2 Å². The van der Waals surface area contributed by atoms with Crippen LogP contribution >= 0.6 is 0 Å². The van der Waals surface area contributed by atoms with Crippen molar-refractivity contribution in [3.63, 3.8) is 0 Å². The molecule has 1 N–H and O–H groups in total. The predicted molar refractivity (Wildman–Crippen MR) is 53.8 cm³/mol. The molecule has 1 rings (SSSR count). The summed E-state index contributed by atoms with van der Waals surface area (Å²) in [6, 6.07) is 0. The van der Waals surface area contributed by atoms with Crippen molar-refractivity contribution in [3.05, 3.63) is 36.6 Å². The summed E-state index contributed by atoms with van der Waals surface area (Å²) in [6.07, 6.45) is 4.27. The van der Waals surface area contributed by atoms with Crippen molar-refractivity contribution < 1.29 is 14.6 Å². The van der Waals surface area contributed by atoms with Crippen LogP contribution in [0.5, 0.6) is 0 Å². The molecule has 1 heterocycles. The van der Waals surface area contributed by atoms with Gasteiger partial charge in [0, 0.05) is 19.3 Å². The molecule has 14 heavy (non-hydrogen) atoms. The molecule has 3 nitrogen and oxygen atoms in total. The van der Waals surface area contributed by atoms with Crippen LogP contribution < -0.4 is 0 Å². The van der Waals surface area contributed by atoms with E-state index >= 15 is 0 Å². The molecule has 0 saturated heterocycles. The first-order valence-electron chi connectivity index (χ1n) is 4.52. The first kappa shape index (κ1) is 10.6. The summed E-state index contributed by atoms with van der Waals surface area (Å²) in [7, 11) is 0. The number of aliphatic hydroxyl groups is 1. The Kier molecular flexibility index (Phi) is 3.51. The van der Waals surface area contributed by atoms with E-state index in [1.54, 1.807) is 12.2 Å². The van der Waals surface area contributed by atoms with Gasteiger partial charge < -0.3 is 9.84 Å². The highest BCUT2D eigenvalue weighted by molar-refractivity contribution is 5.90. The Morgan fingerprint density at radius 3 is 2.71 bits per heavy atom. The van der Waals surface area contributed by atoms with Crippen LogP contribution in [0, 0.1) is 0 Å². The minimum absolute atomic E-state index is 0.119. The standard InChI is InChI=1S/C11H14O3/c1-3-5-8-7-10(12)9(6-4-2)11(13)14-8/h3-4,8,12H,1-2,5-7H2. The molecule has 76 valence electrons. The molecule has 0 aromatic rings. The number of ether oxygens (including phenoxy) is 1. The van der Waals surface area contributed by atoms with Gasteiger partial charge in [0.15, 0.2) is 0 Å². The Balaban J connectivity index is 2.76. The number of cyclic esters (lactones) is 1. The number of hydrogen-bond acceptors (Lipinski definition) is 3. The second-order valence-corrected chi connectivity index (χ2v) is 3.17. The molecule has 0 bridgehead atoms. The van der Waals surface area contributed by atoms with Crippen molar-refractivity contribution in [3.8, 4) is 0 Å². The van der Waals surface area contributed by atoms with Gasteiger partial charge in [0.2, 0.25) is 0 Å². The summed E-state index contributed by atoms with van der Waals surface area (Å²) in [5, 5.41) is 9.56. The van der Waals surface area contributed by atoms with E-state index in [-0.39, 0.29) is 11.9 Å². The number of allylic oxidation sites excluding steroid dienone is 1. The molecular weight excluding hydrogens is 180 g/mol. The van der Waals surface area contributed by atoms with Crippen LogP contribution in [0.3, 0.4) is 0 Å². The first-order chi connectivity index (χ1) is 6.69. The minimum atomic E-state index is -0.444. The third-order valence-corrected chi connectivity index (χ3v) is 2.07. The van der Waals surface area contributed by atoms with Gasteiger partial charge in [0.05, 0.1) is 5.57 Å². The number of rotatable bonds is 4. The van der Waals surface area contributed by atoms with E-state index in [0.717, 1.165) is 0 Å². The van der Waals surface area contributed by atoms with Crippen LogP contribution in [0.2, 0.25) is 0 Å². The van der Waals surface area contributed by atoms with Crippen molar-refractivity contribution in [1.29, 1.82) is 0 Å². The highest BCUT2D eigenvalue weighted by Gasteiger charge is 2.26. The van der Waals surface area contributed by atoms with Crippen molar-refractivity contribution in [1.82, 2.24) is 0 Å². The number of carbonyl (C=O) groups is 1. The Morgan fingerprint density at radius 1 is 1.50 bits per heavy atom. The third kappa shape index (κ3) is 2.25. The summed E-state index contributed by atoms with van der Waals surface area (Å²) < 4.78 is 5.09. The van der Waals surface area contributed by atoms with Crippen LogP contribution in [-0.4, -0.2) is 17.2 Å². The van der Waals surface area contributed by atoms with Crippen LogP contribution in [0.15, 0.2) is 36.6 Å². The van der Waals surface area contributed by atoms with Crippen LogP contribution in [0.25, 0.3) is 0 Å². The van der Waals surface area contributed by atoms with Gasteiger partial charge in [-0.2, -0.15) is 0 Å². The maximum Gasteiger partial charge on any atom is 0.338 e. The van der Waals surface area contributed by atoms with Crippen molar-refractivity contribution in [2.45, 2.75) is 25.4 Å². The molecule has 1 atom stereocenters. The largest absolute Gasteiger partial charge is 0.512 e. The van der Waals surface area contributed by atoms with Gasteiger partial charge in [-0.15, -0.1) is 13.2 Å². The maximum atomic E-state index is 11.4. The van der Waals surface area contributed by atoms with Gasteiger partial charge in [-0.05, 0) is 0 Å². The molecule has 1 aliphatic heterocycles. The molecule has 0 amide bonds. The molecule has 0 aromatic carbocycles. The van der Waals surface area contributed by atoms with Crippen LogP contribution in [-0.2, 0) is 9.53 Å². The Labute approximate surface area is 83.4 Å². The lowest BCUT2D eigenvalue weighted by Crippen LogP contribution is -2.26. The zero-order valence-corrected chi connectivity index (χ0v) is 8.03. The minimum Gasteiger partial charge on any atom is -0.512 e. The summed E-state index contributed by atoms with van der Waals surface area (Å²) in [4.78, 5) is 11.4. The summed E-state index contributed by atoms with van der Waals surface area (Å²) in [5.74, 6) is -0.325. The van der Waals surface area contributed by atoms with Crippen LogP contribution in [0.4, 0.5) is 0 Å². The molecule has 1 aliphatic rings. The lowest BCUT2D eigenvalue weighted by atomic mass is 10.0. The number of carbonyl (C=O) groups excluding carboxylic acids is 1. The van der Waals surface area contributed by atoms with Gasteiger partial charge in [-0.3, -0.25) is 0 Å². The molecule has 0 saturated carbocycles. The average molecular weight is 194 g/mol. The molecule has 0 spiro atoms. The first-order valence-corrected chi connectivity index (χ1v) is 4.52. The SMILES string of the molecule is C=CCC1=C(O)CC(CC=C)OC1=O. The van der Waals surface area contributed by atoms with Crippen LogP contribution in [0.1, 0.15) is 19.3 Å². The molecule has 0 aromatic heterocycles. The Hall–Kier alpha value is -1.51. The molecule has 3 heteroatoms. The molecular formula is C11H14O3. The molecule has 0 aliphatic carbocycles. The van der Waals surface area contributed by atoms with E-state index in [2.05, 4.69) is 13.2 Å². The molecule has 0 radical (unpaired) electrons. The van der Waals surface area contributed by atoms with E-state index in [4.69, 9.17) is 4.74 Å². The number of esters is 1. The third-order valence-electron chi connectivity index (χ3n) is 2.07.